The van der Waals surface area contributed by atoms with E-state index in [1.54, 1.807) is 29.4 Å². The topological polar surface area (TPSA) is 62.6 Å². The third kappa shape index (κ3) is 5.42. The summed E-state index contributed by atoms with van der Waals surface area (Å²) in [5.41, 5.74) is 0. The second-order valence-corrected chi connectivity index (χ2v) is 6.08. The first-order valence-electron chi connectivity index (χ1n) is 8.23. The van der Waals surface area contributed by atoms with Gasteiger partial charge in [-0.3, -0.25) is 4.57 Å². The predicted molar refractivity (Wildman–Crippen MR) is 93.7 cm³/mol. The molecule has 1 aromatic rings. The monoisotopic (exact) mass is 352 g/mol. The van der Waals surface area contributed by atoms with Crippen molar-refractivity contribution < 1.29 is 19.0 Å². The van der Waals surface area contributed by atoms with Crippen LogP contribution in [0.5, 0.6) is 0 Å². The fourth-order valence-electron chi connectivity index (χ4n) is 2.68. The lowest BCUT2D eigenvalue weighted by Crippen LogP contribution is -2.28. The second kappa shape index (κ2) is 9.54. The van der Waals surface area contributed by atoms with E-state index in [9.17, 15) is 4.79 Å². The Morgan fingerprint density at radius 1 is 1.54 bits per heavy atom. The summed E-state index contributed by atoms with van der Waals surface area (Å²) in [5, 5.41) is 0.383. The predicted octanol–water partition coefficient (Wildman–Crippen LogP) is 2.87. The van der Waals surface area contributed by atoms with Crippen LogP contribution in [0.2, 0.25) is 0 Å². The van der Waals surface area contributed by atoms with Gasteiger partial charge < -0.3 is 14.2 Å². The summed E-state index contributed by atoms with van der Waals surface area (Å²) < 4.78 is 18.3. The molecule has 1 aliphatic heterocycles. The number of thiocarbonyl (C=S) groups is 1. The van der Waals surface area contributed by atoms with E-state index in [1.807, 2.05) is 0 Å². The van der Waals surface area contributed by atoms with Crippen molar-refractivity contribution >= 4 is 23.4 Å². The van der Waals surface area contributed by atoms with Gasteiger partial charge in [-0.15, -0.1) is 0 Å². The van der Waals surface area contributed by atoms with Crippen LogP contribution in [0.1, 0.15) is 39.0 Å². The second-order valence-electron chi connectivity index (χ2n) is 5.73. The first-order valence-corrected chi connectivity index (χ1v) is 8.63. The first-order chi connectivity index (χ1) is 11.6. The summed E-state index contributed by atoms with van der Waals surface area (Å²) in [6.07, 6.45) is 12.7. The van der Waals surface area contributed by atoms with Crippen LogP contribution in [-0.4, -0.2) is 46.1 Å². The number of esters is 1. The van der Waals surface area contributed by atoms with E-state index in [4.69, 9.17) is 21.7 Å². The van der Waals surface area contributed by atoms with Gasteiger partial charge in [-0.25, -0.2) is 9.78 Å². The lowest BCUT2D eigenvalue weighted by Gasteiger charge is -2.20. The number of imidazole rings is 1. The fraction of sp³-hybridized carbons (Fsp3) is 0.588. The zero-order valence-corrected chi connectivity index (χ0v) is 14.9. The average molecular weight is 352 g/mol. The Balaban J connectivity index is 1.92. The van der Waals surface area contributed by atoms with Crippen LogP contribution in [0.15, 0.2) is 30.9 Å². The summed E-state index contributed by atoms with van der Waals surface area (Å²) in [7, 11) is 1.36. The first kappa shape index (κ1) is 18.6. The molecule has 0 spiro atoms. The van der Waals surface area contributed by atoms with Gasteiger partial charge in [0.2, 0.25) is 0 Å². The molecule has 2 heterocycles. The number of unbranched alkanes of at least 4 members (excludes halogenated alkanes) is 1. The Bertz CT molecular complexity index is 559. The average Bonchev–Trinajstić information content (AvgIpc) is 3.23. The number of rotatable bonds is 7. The van der Waals surface area contributed by atoms with Crippen molar-refractivity contribution in [2.24, 2.45) is 0 Å². The van der Waals surface area contributed by atoms with Crippen molar-refractivity contribution in [1.82, 2.24) is 9.55 Å². The van der Waals surface area contributed by atoms with Crippen LogP contribution < -0.4 is 0 Å². The molecule has 0 unspecified atom stereocenters. The number of nitrogens with zero attached hydrogens (tertiary/aromatic N) is 2. The standard InChI is InChI=1S/C17H24N2O4S/c1-3-4-7-14-15(23-17(24)19-10-9-18-12-19)11-13(22-14)6-5-8-16(20)21-2/h5,8-10,12-15H,3-4,6-7,11H2,1-2H3/b8-5+/t13-,14+,15-/m1/s1. The van der Waals surface area contributed by atoms with Gasteiger partial charge in [0.15, 0.2) is 0 Å². The molecule has 0 radical (unpaired) electrons. The molecular formula is C17H24N2O4S. The molecule has 1 fully saturated rings. The van der Waals surface area contributed by atoms with Gasteiger partial charge in [-0.2, -0.15) is 0 Å². The van der Waals surface area contributed by atoms with Crippen molar-refractivity contribution in [2.75, 3.05) is 7.11 Å². The van der Waals surface area contributed by atoms with Crippen molar-refractivity contribution in [3.63, 3.8) is 0 Å². The van der Waals surface area contributed by atoms with Crippen LogP contribution in [-0.2, 0) is 19.0 Å². The Hall–Kier alpha value is -1.73. The highest BCUT2D eigenvalue weighted by Gasteiger charge is 2.36. The lowest BCUT2D eigenvalue weighted by molar-refractivity contribution is -0.134. The maximum Gasteiger partial charge on any atom is 0.330 e. The zero-order valence-electron chi connectivity index (χ0n) is 14.1. The number of carbonyl (C=O) groups is 1. The highest BCUT2D eigenvalue weighted by atomic mass is 32.1. The molecule has 2 rings (SSSR count). The Morgan fingerprint density at radius 2 is 2.38 bits per heavy atom. The molecule has 7 heteroatoms. The maximum absolute atomic E-state index is 11.1. The molecule has 24 heavy (non-hydrogen) atoms. The zero-order chi connectivity index (χ0) is 17.4. The molecule has 3 atom stereocenters. The summed E-state index contributed by atoms with van der Waals surface area (Å²) in [6, 6.07) is 0. The van der Waals surface area contributed by atoms with Gasteiger partial charge in [0.25, 0.3) is 5.17 Å². The minimum absolute atomic E-state index is 0.0166. The Labute approximate surface area is 147 Å². The van der Waals surface area contributed by atoms with E-state index < -0.39 is 0 Å². The van der Waals surface area contributed by atoms with E-state index >= 15 is 0 Å². The van der Waals surface area contributed by atoms with Gasteiger partial charge in [0.05, 0.1) is 19.3 Å². The third-order valence-corrected chi connectivity index (χ3v) is 4.25. The van der Waals surface area contributed by atoms with Gasteiger partial charge in [-0.05, 0) is 25.1 Å². The highest BCUT2D eigenvalue weighted by Crippen LogP contribution is 2.29. The van der Waals surface area contributed by atoms with E-state index in [-0.39, 0.29) is 24.3 Å². The largest absolute Gasteiger partial charge is 0.466 e. The van der Waals surface area contributed by atoms with Gasteiger partial charge in [-0.1, -0.05) is 25.8 Å². The number of hydrogen-bond donors (Lipinski definition) is 0. The minimum atomic E-state index is -0.357. The number of hydrogen-bond acceptors (Lipinski definition) is 6. The van der Waals surface area contributed by atoms with Crippen LogP contribution >= 0.6 is 12.2 Å². The molecule has 0 saturated carbocycles. The van der Waals surface area contributed by atoms with Crippen molar-refractivity contribution in [2.45, 2.75) is 57.3 Å². The molecule has 0 N–H and O–H groups in total. The smallest absolute Gasteiger partial charge is 0.330 e. The van der Waals surface area contributed by atoms with E-state index in [0.29, 0.717) is 11.6 Å². The quantitative estimate of drug-likeness (QED) is 0.427. The third-order valence-electron chi connectivity index (χ3n) is 3.94. The van der Waals surface area contributed by atoms with Gasteiger partial charge in [0.1, 0.15) is 12.4 Å². The van der Waals surface area contributed by atoms with Crippen molar-refractivity contribution in [3.05, 3.63) is 30.9 Å². The molecule has 1 saturated heterocycles. The summed E-state index contributed by atoms with van der Waals surface area (Å²) in [5.74, 6) is -0.357. The Morgan fingerprint density at radius 3 is 3.04 bits per heavy atom. The highest BCUT2D eigenvalue weighted by molar-refractivity contribution is 7.80. The SMILES string of the molecule is CCCC[C@@H]1O[C@H](C/C=C/C(=O)OC)C[C@H]1OC(=S)n1ccnc1. The maximum atomic E-state index is 11.1. The molecule has 0 aliphatic carbocycles. The lowest BCUT2D eigenvalue weighted by atomic mass is 10.0. The summed E-state index contributed by atoms with van der Waals surface area (Å²) >= 11 is 5.32. The molecule has 0 amide bonds. The summed E-state index contributed by atoms with van der Waals surface area (Å²) in [6.45, 7) is 2.15. The van der Waals surface area contributed by atoms with Crippen LogP contribution in [0, 0.1) is 0 Å². The number of carbonyl (C=O) groups excluding carboxylic acids is 1. The molecule has 1 aromatic heterocycles. The molecule has 132 valence electrons. The number of aromatic nitrogens is 2. The van der Waals surface area contributed by atoms with Crippen molar-refractivity contribution in [1.29, 1.82) is 0 Å². The van der Waals surface area contributed by atoms with E-state index in [0.717, 1.165) is 25.7 Å². The molecule has 0 bridgehead atoms. The van der Waals surface area contributed by atoms with Crippen molar-refractivity contribution in [3.8, 4) is 0 Å². The fourth-order valence-corrected chi connectivity index (χ4v) is 2.91. The minimum Gasteiger partial charge on any atom is -0.466 e. The summed E-state index contributed by atoms with van der Waals surface area (Å²) in [4.78, 5) is 15.1. The van der Waals surface area contributed by atoms with Crippen LogP contribution in [0.4, 0.5) is 0 Å². The van der Waals surface area contributed by atoms with Gasteiger partial charge in [0, 0.05) is 24.9 Å². The molecule has 0 aromatic carbocycles. The molecule has 6 nitrogen and oxygen atoms in total. The number of methoxy groups -OCH3 is 1. The molecule has 1 aliphatic rings. The van der Waals surface area contributed by atoms with Gasteiger partial charge >= 0.3 is 5.97 Å². The number of ether oxygens (including phenoxy) is 3. The van der Waals surface area contributed by atoms with Crippen LogP contribution in [0.25, 0.3) is 0 Å². The normalized spacial score (nSPS) is 23.5. The van der Waals surface area contributed by atoms with Crippen LogP contribution in [0.3, 0.4) is 0 Å². The Kier molecular flexibility index (Phi) is 7.39. The molecular weight excluding hydrogens is 328 g/mol. The van der Waals surface area contributed by atoms with E-state index in [2.05, 4.69) is 16.6 Å². The van der Waals surface area contributed by atoms with E-state index in [1.165, 1.54) is 13.2 Å².